The van der Waals surface area contributed by atoms with Crippen LogP contribution >= 0.6 is 15.9 Å². The van der Waals surface area contributed by atoms with Crippen molar-refractivity contribution in [1.82, 2.24) is 9.88 Å². The predicted octanol–water partition coefficient (Wildman–Crippen LogP) is 0.289. The largest absolute Gasteiger partial charge is 0.350 e. The van der Waals surface area contributed by atoms with Gasteiger partial charge in [-0.05, 0) is 28.9 Å². The van der Waals surface area contributed by atoms with Gasteiger partial charge in [0.1, 0.15) is 5.69 Å². The van der Waals surface area contributed by atoms with Crippen LogP contribution in [0.5, 0.6) is 0 Å². The molecule has 0 aliphatic carbocycles. The first kappa shape index (κ1) is 14.2. The third kappa shape index (κ3) is 4.49. The Morgan fingerprint density at radius 1 is 1.59 bits per heavy atom. The first-order valence-electron chi connectivity index (χ1n) is 4.98. The molecule has 1 aromatic rings. The molecule has 0 saturated heterocycles. The van der Waals surface area contributed by atoms with Crippen LogP contribution in [0.15, 0.2) is 16.7 Å². The van der Waals surface area contributed by atoms with Crippen LogP contribution < -0.4 is 10.5 Å². The summed E-state index contributed by atoms with van der Waals surface area (Å²) in [5.74, 6) is -0.589. The summed E-state index contributed by atoms with van der Waals surface area (Å²) >= 11 is 3.28. The van der Waals surface area contributed by atoms with E-state index in [0.717, 1.165) is 4.47 Å². The number of sulfonamides is 1. The first-order valence-corrected chi connectivity index (χ1v) is 7.48. The second-order valence-corrected chi connectivity index (χ2v) is 6.10. The molecule has 96 valence electrons. The normalized spacial score (nSPS) is 11.5. The lowest BCUT2D eigenvalue weighted by Crippen LogP contribution is -2.32. The van der Waals surface area contributed by atoms with Crippen molar-refractivity contribution in [2.45, 2.75) is 13.5 Å². The molecule has 1 amide bonds. The highest BCUT2D eigenvalue weighted by molar-refractivity contribution is 9.10. The second kappa shape index (κ2) is 5.65. The van der Waals surface area contributed by atoms with Gasteiger partial charge in [0, 0.05) is 23.8 Å². The van der Waals surface area contributed by atoms with Crippen LogP contribution in [0.3, 0.4) is 0 Å². The molecule has 0 atom stereocenters. The Kier molecular flexibility index (Phi) is 4.72. The quantitative estimate of drug-likeness (QED) is 0.815. The number of aryl methyl sites for hydroxylation is 1. The Bertz CT molecular complexity index is 510. The van der Waals surface area contributed by atoms with Crippen LogP contribution in [-0.2, 0) is 16.6 Å². The number of halogens is 1. The van der Waals surface area contributed by atoms with Crippen LogP contribution in [0.1, 0.15) is 17.4 Å². The van der Waals surface area contributed by atoms with Gasteiger partial charge in [-0.2, -0.15) is 0 Å². The summed E-state index contributed by atoms with van der Waals surface area (Å²) in [7, 11) is -3.54. The van der Waals surface area contributed by atoms with E-state index in [0.29, 0.717) is 12.2 Å². The van der Waals surface area contributed by atoms with Crippen LogP contribution in [0.2, 0.25) is 0 Å². The topological polar surface area (TPSA) is 94.2 Å². The number of carbonyl (C=O) groups excluding carboxylic acids is 1. The van der Waals surface area contributed by atoms with Crippen molar-refractivity contribution in [3.63, 3.8) is 0 Å². The second-order valence-electron chi connectivity index (χ2n) is 3.45. The number of hydrogen-bond donors (Lipinski definition) is 2. The number of amides is 1. The van der Waals surface area contributed by atoms with Gasteiger partial charge in [-0.1, -0.05) is 0 Å². The Balaban J connectivity index is 2.64. The maximum atomic E-state index is 11.7. The third-order valence-corrected chi connectivity index (χ3v) is 3.32. The minimum Gasteiger partial charge on any atom is -0.350 e. The highest BCUT2D eigenvalue weighted by Crippen LogP contribution is 2.14. The van der Waals surface area contributed by atoms with Crippen molar-refractivity contribution in [1.29, 1.82) is 0 Å². The van der Waals surface area contributed by atoms with Crippen molar-refractivity contribution >= 4 is 31.9 Å². The Labute approximate surface area is 108 Å². The van der Waals surface area contributed by atoms with Gasteiger partial charge in [-0.15, -0.1) is 0 Å². The van der Waals surface area contributed by atoms with E-state index in [-0.39, 0.29) is 18.2 Å². The molecule has 0 aliphatic heterocycles. The minimum atomic E-state index is -3.54. The van der Waals surface area contributed by atoms with Crippen molar-refractivity contribution in [3.05, 3.63) is 22.4 Å². The van der Waals surface area contributed by atoms with E-state index in [1.807, 2.05) is 6.92 Å². The summed E-state index contributed by atoms with van der Waals surface area (Å²) in [6.07, 6.45) is 1.79. The third-order valence-electron chi connectivity index (χ3n) is 2.11. The summed E-state index contributed by atoms with van der Waals surface area (Å²) in [4.78, 5) is 11.7. The van der Waals surface area contributed by atoms with Crippen molar-refractivity contribution in [3.8, 4) is 0 Å². The number of primary sulfonamides is 1. The van der Waals surface area contributed by atoms with Gasteiger partial charge in [-0.25, -0.2) is 13.6 Å². The molecule has 0 unspecified atom stereocenters. The highest BCUT2D eigenvalue weighted by Gasteiger charge is 2.12. The average Bonchev–Trinajstić information content (AvgIpc) is 2.57. The Morgan fingerprint density at radius 3 is 2.76 bits per heavy atom. The molecule has 3 N–H and O–H groups in total. The van der Waals surface area contributed by atoms with Gasteiger partial charge >= 0.3 is 0 Å². The van der Waals surface area contributed by atoms with Gasteiger partial charge in [0.05, 0.1) is 5.75 Å². The Hall–Kier alpha value is -0.860. The molecule has 0 spiro atoms. The molecule has 1 aromatic heterocycles. The fourth-order valence-corrected chi connectivity index (χ4v) is 2.17. The molecular formula is C9H14BrN3O3S. The van der Waals surface area contributed by atoms with E-state index in [1.54, 1.807) is 16.8 Å². The van der Waals surface area contributed by atoms with Crippen LogP contribution in [-0.4, -0.2) is 31.2 Å². The number of hydrogen-bond acceptors (Lipinski definition) is 3. The van der Waals surface area contributed by atoms with Crippen molar-refractivity contribution in [2.75, 3.05) is 12.3 Å². The predicted molar refractivity (Wildman–Crippen MR) is 68.1 cm³/mol. The van der Waals surface area contributed by atoms with E-state index in [4.69, 9.17) is 5.14 Å². The molecule has 0 aromatic carbocycles. The van der Waals surface area contributed by atoms with E-state index in [2.05, 4.69) is 21.2 Å². The van der Waals surface area contributed by atoms with E-state index in [1.165, 1.54) is 0 Å². The summed E-state index contributed by atoms with van der Waals surface area (Å²) in [6.45, 7) is 2.57. The molecule has 1 rings (SSSR count). The highest BCUT2D eigenvalue weighted by atomic mass is 79.9. The molecule has 0 fully saturated rings. The Morgan fingerprint density at radius 2 is 2.24 bits per heavy atom. The van der Waals surface area contributed by atoms with Crippen molar-refractivity contribution in [2.24, 2.45) is 5.14 Å². The van der Waals surface area contributed by atoms with E-state index in [9.17, 15) is 13.2 Å². The van der Waals surface area contributed by atoms with E-state index >= 15 is 0 Å². The number of aromatic nitrogens is 1. The molecule has 8 heteroatoms. The maximum Gasteiger partial charge on any atom is 0.267 e. The molecule has 0 aliphatic rings. The van der Waals surface area contributed by atoms with Crippen LogP contribution in [0.25, 0.3) is 0 Å². The monoisotopic (exact) mass is 323 g/mol. The minimum absolute atomic E-state index is 0.00415. The smallest absolute Gasteiger partial charge is 0.267 e. The lowest BCUT2D eigenvalue weighted by Gasteiger charge is -2.06. The zero-order chi connectivity index (χ0) is 13.1. The van der Waals surface area contributed by atoms with Gasteiger partial charge < -0.3 is 9.88 Å². The molecule has 17 heavy (non-hydrogen) atoms. The fraction of sp³-hybridized carbons (Fsp3) is 0.444. The van der Waals surface area contributed by atoms with Crippen molar-refractivity contribution < 1.29 is 13.2 Å². The van der Waals surface area contributed by atoms with Gasteiger partial charge in [-0.3, -0.25) is 4.79 Å². The van der Waals surface area contributed by atoms with Gasteiger partial charge in [0.15, 0.2) is 0 Å². The van der Waals surface area contributed by atoms with E-state index < -0.39 is 10.0 Å². The standard InChI is InChI=1S/C9H14BrN3O3S/c1-2-13-6-7(10)5-8(13)9(14)12-3-4-17(11,15)16/h5-6H,2-4H2,1H3,(H,12,14)(H2,11,15,16). The molecule has 0 bridgehead atoms. The molecule has 1 heterocycles. The zero-order valence-electron chi connectivity index (χ0n) is 9.31. The number of carbonyl (C=O) groups is 1. The molecular weight excluding hydrogens is 310 g/mol. The fourth-order valence-electron chi connectivity index (χ4n) is 1.32. The lowest BCUT2D eigenvalue weighted by molar-refractivity contribution is 0.0947. The zero-order valence-corrected chi connectivity index (χ0v) is 11.7. The summed E-state index contributed by atoms with van der Waals surface area (Å²) in [6, 6.07) is 1.68. The molecule has 6 nitrogen and oxygen atoms in total. The summed E-state index contributed by atoms with van der Waals surface area (Å²) in [5, 5.41) is 7.33. The maximum absolute atomic E-state index is 11.7. The molecule has 0 radical (unpaired) electrons. The summed E-state index contributed by atoms with van der Waals surface area (Å²) in [5.41, 5.74) is 0.480. The molecule has 0 saturated carbocycles. The lowest BCUT2D eigenvalue weighted by atomic mass is 10.4. The number of rotatable bonds is 5. The van der Waals surface area contributed by atoms with Gasteiger partial charge in [0.25, 0.3) is 5.91 Å². The first-order chi connectivity index (χ1) is 7.83. The number of nitrogens with two attached hydrogens (primary N) is 1. The van der Waals surface area contributed by atoms with Crippen LogP contribution in [0.4, 0.5) is 0 Å². The van der Waals surface area contributed by atoms with Gasteiger partial charge in [0.2, 0.25) is 10.0 Å². The average molecular weight is 324 g/mol. The van der Waals surface area contributed by atoms with Crippen LogP contribution in [0, 0.1) is 0 Å². The SMILES string of the molecule is CCn1cc(Br)cc1C(=O)NCCS(N)(=O)=O. The number of nitrogens with zero attached hydrogens (tertiary/aromatic N) is 1. The summed E-state index contributed by atoms with van der Waals surface area (Å²) < 4.78 is 23.9. The number of nitrogens with one attached hydrogen (secondary N) is 1.